The van der Waals surface area contributed by atoms with Crippen molar-refractivity contribution < 1.29 is 27.8 Å². The predicted molar refractivity (Wildman–Crippen MR) is 244 cm³/mol. The summed E-state index contributed by atoms with van der Waals surface area (Å²) in [4.78, 5) is 13.0. The fourth-order valence-electron chi connectivity index (χ4n) is 8.20. The van der Waals surface area contributed by atoms with Gasteiger partial charge in [0.1, 0.15) is 11.5 Å². The minimum absolute atomic E-state index is 0.169. The summed E-state index contributed by atoms with van der Waals surface area (Å²) in [6.45, 7) is 23.5. The van der Waals surface area contributed by atoms with Crippen LogP contribution in [0.2, 0.25) is 0 Å². The van der Waals surface area contributed by atoms with Crippen molar-refractivity contribution in [2.24, 2.45) is 0 Å². The minimum Gasteiger partial charge on any atom is -0.439 e. The molecule has 0 saturated carbocycles. The van der Waals surface area contributed by atoms with E-state index in [1.165, 1.54) is 116 Å². The zero-order chi connectivity index (χ0) is 42.8. The molecule has 0 aliphatic carbocycles. The Morgan fingerprint density at radius 1 is 0.603 bits per heavy atom. The first-order chi connectivity index (χ1) is 27.6. The van der Waals surface area contributed by atoms with Crippen molar-refractivity contribution in [3.8, 4) is 11.5 Å². The summed E-state index contributed by atoms with van der Waals surface area (Å²) >= 11 is 0. The van der Waals surface area contributed by atoms with Crippen LogP contribution in [0.1, 0.15) is 245 Å². The fraction of sp³-hybridized carbons (Fsp3) is 0.745. The molecule has 0 N–H and O–H groups in total. The molecule has 330 valence electrons. The van der Waals surface area contributed by atoms with Crippen molar-refractivity contribution in [3.05, 3.63) is 58.1 Å². The first-order valence-corrected chi connectivity index (χ1v) is 24.6. The van der Waals surface area contributed by atoms with E-state index >= 15 is 0 Å². The van der Waals surface area contributed by atoms with Crippen molar-refractivity contribution in [2.75, 3.05) is 0 Å². The van der Waals surface area contributed by atoms with Crippen LogP contribution < -0.4 is 9.05 Å². The van der Waals surface area contributed by atoms with Crippen LogP contribution in [0.4, 0.5) is 4.53 Å². The highest BCUT2D eigenvalue weighted by Crippen LogP contribution is 2.53. The third-order valence-electron chi connectivity index (χ3n) is 13.1. The smallest absolute Gasteiger partial charge is 0.439 e. The number of carbonyl (C=O) groups is 1. The van der Waals surface area contributed by atoms with E-state index in [1.54, 1.807) is 0 Å². The lowest BCUT2D eigenvalue weighted by atomic mass is 9.76. The summed E-state index contributed by atoms with van der Waals surface area (Å²) < 4.78 is 37.7. The molecule has 1 aliphatic heterocycles. The Morgan fingerprint density at radius 2 is 1.00 bits per heavy atom. The molecule has 2 aromatic rings. The molecule has 3 rings (SSSR count). The molecule has 0 aromatic heterocycles. The minimum atomic E-state index is -2.45. The average molecular weight is 827 g/mol. The third-order valence-corrected chi connectivity index (χ3v) is 13.9. The van der Waals surface area contributed by atoms with Crippen molar-refractivity contribution in [1.82, 2.24) is 0 Å². The molecule has 1 fully saturated rings. The first-order valence-electron chi connectivity index (χ1n) is 23.6. The Labute approximate surface area is 356 Å². The van der Waals surface area contributed by atoms with Gasteiger partial charge in [-0.1, -0.05) is 214 Å². The largest absolute Gasteiger partial charge is 0.497 e. The van der Waals surface area contributed by atoms with Gasteiger partial charge in [-0.2, -0.15) is 0 Å². The number of cyclic esters (lactones) is 1. The molecule has 1 aliphatic rings. The third kappa shape index (κ3) is 15.1. The van der Waals surface area contributed by atoms with E-state index in [0.717, 1.165) is 53.5 Å². The number of benzene rings is 2. The highest BCUT2D eigenvalue weighted by Gasteiger charge is 2.59. The van der Waals surface area contributed by atoms with E-state index in [2.05, 4.69) is 92.2 Å². The number of halogens is 1. The van der Waals surface area contributed by atoms with Gasteiger partial charge in [-0.15, -0.1) is 0 Å². The van der Waals surface area contributed by atoms with Crippen LogP contribution in [0.25, 0.3) is 0 Å². The normalized spacial score (nSPS) is 16.4. The van der Waals surface area contributed by atoms with Crippen LogP contribution >= 0.6 is 8.60 Å². The second kappa shape index (κ2) is 24.3. The maximum Gasteiger partial charge on any atom is 0.497 e. The topological polar surface area (TPSA) is 57.3 Å². The second-order valence-corrected chi connectivity index (χ2v) is 20.7. The molecule has 0 spiro atoms. The summed E-state index contributed by atoms with van der Waals surface area (Å²) in [5.74, 6) is 0.977. The maximum absolute atomic E-state index is 14.6. The van der Waals surface area contributed by atoms with Crippen LogP contribution in [-0.2, 0) is 36.1 Å². The highest BCUT2D eigenvalue weighted by atomic mass is 31.2. The number of hydrogen-bond donors (Lipinski definition) is 0. The van der Waals surface area contributed by atoms with Gasteiger partial charge in [-0.25, -0.2) is 4.79 Å². The van der Waals surface area contributed by atoms with Gasteiger partial charge >= 0.3 is 14.6 Å². The van der Waals surface area contributed by atoms with E-state index in [1.807, 2.05) is 19.1 Å². The van der Waals surface area contributed by atoms with Gasteiger partial charge in [0, 0.05) is 28.7 Å². The number of aryl methyl sites for hydroxylation is 1. The number of unbranched alkanes of at least 4 members (excludes halogenated alkanes) is 19. The van der Waals surface area contributed by atoms with E-state index in [0.29, 0.717) is 17.9 Å². The monoisotopic (exact) mass is 827 g/mol. The molecule has 0 bridgehead atoms. The van der Waals surface area contributed by atoms with Crippen LogP contribution in [0.15, 0.2) is 30.3 Å². The summed E-state index contributed by atoms with van der Waals surface area (Å²) in [6, 6.07) is 10.2. The lowest BCUT2D eigenvalue weighted by Crippen LogP contribution is -2.22. The van der Waals surface area contributed by atoms with E-state index < -0.39 is 14.2 Å². The molecule has 2 aromatic carbocycles. The standard InChI is InChI=1S/C51H84FO5P/c1-12-15-16-17-18-19-20-21-22-23-24-25-26-27-28-29-30-31-32-33-37-51(47(53)54-51)41-38-40(4)45(44(39-41)48(5,6)7)55-58(57-52)56-46-42(49(8,9)13-2)35-34-36-43(46)50(10,11)14-3/h34-36,38-39H,12-33,37H2,1-11H3. The summed E-state index contributed by atoms with van der Waals surface area (Å²) in [5.41, 5.74) is 2.78. The number of para-hydroxylation sites is 1. The molecule has 5 nitrogen and oxygen atoms in total. The van der Waals surface area contributed by atoms with E-state index in [4.69, 9.17) is 13.8 Å². The van der Waals surface area contributed by atoms with Crippen molar-refractivity contribution in [1.29, 1.82) is 0 Å². The predicted octanol–water partition coefficient (Wildman–Crippen LogP) is 17.2. The number of hydrogen-bond acceptors (Lipinski definition) is 5. The first kappa shape index (κ1) is 50.2. The maximum atomic E-state index is 14.6. The number of carbonyl (C=O) groups excluding carboxylic acids is 1. The Balaban J connectivity index is 1.52. The lowest BCUT2D eigenvalue weighted by Gasteiger charge is -2.33. The Kier molecular flexibility index (Phi) is 21.0. The number of ether oxygens (including phenoxy) is 1. The molecule has 58 heavy (non-hydrogen) atoms. The Hall–Kier alpha value is -2.17. The molecule has 7 heteroatoms. The Bertz CT molecular complexity index is 1480. The van der Waals surface area contributed by atoms with Crippen molar-refractivity contribution in [2.45, 2.75) is 246 Å². The zero-order valence-electron chi connectivity index (χ0n) is 39.0. The number of rotatable bonds is 31. The van der Waals surface area contributed by atoms with Gasteiger partial charge in [0.05, 0.1) is 0 Å². The van der Waals surface area contributed by atoms with Crippen LogP contribution in [0.3, 0.4) is 0 Å². The highest BCUT2D eigenvalue weighted by molar-refractivity contribution is 7.42. The molecule has 1 saturated heterocycles. The van der Waals surface area contributed by atoms with E-state index in [-0.39, 0.29) is 22.2 Å². The molecule has 1 heterocycles. The average Bonchev–Trinajstić information content (AvgIpc) is 3.86. The van der Waals surface area contributed by atoms with Gasteiger partial charge in [-0.3, -0.25) is 0 Å². The van der Waals surface area contributed by atoms with Crippen LogP contribution in [0.5, 0.6) is 11.5 Å². The van der Waals surface area contributed by atoms with Gasteiger partial charge in [0.15, 0.2) is 0 Å². The Morgan fingerprint density at radius 3 is 1.36 bits per heavy atom. The van der Waals surface area contributed by atoms with Crippen molar-refractivity contribution >= 4 is 14.6 Å². The molecular weight excluding hydrogens is 743 g/mol. The molecular formula is C51H84FO5P. The van der Waals surface area contributed by atoms with Gasteiger partial charge < -0.3 is 13.8 Å². The van der Waals surface area contributed by atoms with Gasteiger partial charge in [0.25, 0.3) is 0 Å². The molecule has 2 unspecified atom stereocenters. The second-order valence-electron chi connectivity index (χ2n) is 19.7. The van der Waals surface area contributed by atoms with E-state index in [9.17, 15) is 9.32 Å². The molecule has 0 radical (unpaired) electrons. The van der Waals surface area contributed by atoms with Gasteiger partial charge in [-0.05, 0) is 64.7 Å². The quantitative estimate of drug-likeness (QED) is 0.0430. The fourth-order valence-corrected chi connectivity index (χ4v) is 9.03. The zero-order valence-corrected chi connectivity index (χ0v) is 39.9. The SMILES string of the molecule is CCCCCCCCCCCCCCCCCCCCCCC1(c2cc(C)c(OP(OF)Oc3c(C(C)(C)CC)cccc3C(C)(C)CC)c(C(C)(C)C)c2)OC1=O. The molecule has 0 amide bonds. The van der Waals surface area contributed by atoms with Crippen LogP contribution in [0, 0.1) is 6.92 Å². The summed E-state index contributed by atoms with van der Waals surface area (Å²) in [5, 5.41) is 0. The lowest BCUT2D eigenvalue weighted by molar-refractivity contribution is -0.117. The molecule has 2 atom stereocenters. The summed E-state index contributed by atoms with van der Waals surface area (Å²) in [6.07, 6.45) is 29.2. The number of epoxide rings is 1. The summed E-state index contributed by atoms with van der Waals surface area (Å²) in [7, 11) is -2.45. The van der Waals surface area contributed by atoms with Crippen molar-refractivity contribution in [3.63, 3.8) is 0 Å². The van der Waals surface area contributed by atoms with Crippen LogP contribution in [-0.4, -0.2) is 5.97 Å². The van der Waals surface area contributed by atoms with Gasteiger partial charge in [0.2, 0.25) is 5.60 Å².